The van der Waals surface area contributed by atoms with E-state index in [0.717, 1.165) is 6.54 Å². The van der Waals surface area contributed by atoms with E-state index in [1.165, 1.54) is 0 Å². The van der Waals surface area contributed by atoms with E-state index in [9.17, 15) is 0 Å². The molecule has 0 heterocycles. The topological polar surface area (TPSA) is 20.2 Å². The van der Waals surface area contributed by atoms with Crippen LogP contribution in [-0.2, 0) is 0 Å². The van der Waals surface area contributed by atoms with Gasteiger partial charge in [-0.25, -0.2) is 0 Å². The van der Waals surface area contributed by atoms with Crippen LogP contribution in [0.3, 0.4) is 0 Å². The summed E-state index contributed by atoms with van der Waals surface area (Å²) in [6.07, 6.45) is 1.80. The minimum absolute atomic E-state index is 0. The van der Waals surface area contributed by atoms with Gasteiger partial charge in [0, 0.05) is 0 Å². The summed E-state index contributed by atoms with van der Waals surface area (Å²) in [4.78, 5) is 0. The van der Waals surface area contributed by atoms with Gasteiger partial charge in [-0.2, -0.15) is 0 Å². The summed E-state index contributed by atoms with van der Waals surface area (Å²) < 4.78 is 0.601. The number of rotatable bonds is 3. The summed E-state index contributed by atoms with van der Waals surface area (Å²) in [6.45, 7) is 4.56. The van der Waals surface area contributed by atoms with Crippen LogP contribution in [0.25, 0.3) is 0 Å². The normalized spacial score (nSPS) is 10.1. The van der Waals surface area contributed by atoms with Crippen molar-refractivity contribution in [2.45, 2.75) is 0 Å². The predicted octanol–water partition coefficient (Wildman–Crippen LogP) is -2.80. The molecule has 0 radical (unpaired) electrons. The number of hydrogen-bond acceptors (Lipinski definition) is 1. The van der Waals surface area contributed by atoms with Gasteiger partial charge in [0.05, 0.1) is 20.6 Å². The molecule has 0 aliphatic carbocycles. The van der Waals surface area contributed by atoms with Crippen LogP contribution in [0, 0.1) is 0 Å². The third kappa shape index (κ3) is 5.83. The Labute approximate surface area is 62.8 Å². The Morgan fingerprint density at radius 2 is 2.00 bits per heavy atom. The molecule has 0 bridgehead atoms. The predicted molar refractivity (Wildman–Crippen MR) is 34.3 cm³/mol. The number of aliphatic hydroxyl groups is 1. The van der Waals surface area contributed by atoms with E-state index < -0.39 is 0 Å². The molecule has 9 heavy (non-hydrogen) atoms. The molecule has 0 aromatic heterocycles. The van der Waals surface area contributed by atoms with Gasteiger partial charge in [0.2, 0.25) is 0 Å². The van der Waals surface area contributed by atoms with Gasteiger partial charge in [0.25, 0.3) is 0 Å². The summed E-state index contributed by atoms with van der Waals surface area (Å²) in [5.41, 5.74) is 0. The van der Waals surface area contributed by atoms with Gasteiger partial charge in [-0.05, 0) is 6.08 Å². The lowest BCUT2D eigenvalue weighted by molar-refractivity contribution is -0.903. The number of likely N-dealkylation sites (N-methyl/N-ethyl adjacent to an activating group) is 1. The van der Waals surface area contributed by atoms with Crippen molar-refractivity contribution in [1.82, 2.24) is 0 Å². The molecule has 3 heteroatoms. The molecule has 2 nitrogen and oxygen atoms in total. The summed E-state index contributed by atoms with van der Waals surface area (Å²) in [5.74, 6) is 0. The zero-order valence-electron chi connectivity index (χ0n) is 5.97. The Hall–Kier alpha value is -0.0500. The zero-order valence-corrected chi connectivity index (χ0v) is 6.73. The van der Waals surface area contributed by atoms with Gasteiger partial charge >= 0.3 is 0 Å². The van der Waals surface area contributed by atoms with Crippen LogP contribution in [0.5, 0.6) is 0 Å². The average Bonchev–Trinajstić information content (AvgIpc) is 1.67. The second-order valence-corrected chi connectivity index (χ2v) is 2.55. The Morgan fingerprint density at radius 3 is 2.11 bits per heavy atom. The highest BCUT2D eigenvalue weighted by Gasteiger charge is 2.07. The van der Waals surface area contributed by atoms with Crippen LogP contribution in [0.4, 0.5) is 0 Å². The second kappa shape index (κ2) is 4.79. The van der Waals surface area contributed by atoms with Gasteiger partial charge in [-0.15, -0.1) is 0 Å². The second-order valence-electron chi connectivity index (χ2n) is 2.55. The molecule has 0 aromatic rings. The SMILES string of the molecule is C=CC[N+](C)(C)CO.[Cl-]. The summed E-state index contributed by atoms with van der Waals surface area (Å²) in [6, 6.07) is 0. The summed E-state index contributed by atoms with van der Waals surface area (Å²) in [5, 5.41) is 8.65. The highest BCUT2D eigenvalue weighted by Crippen LogP contribution is 1.91. The van der Waals surface area contributed by atoms with E-state index in [1.54, 1.807) is 6.08 Å². The lowest BCUT2D eigenvalue weighted by Gasteiger charge is -2.24. The van der Waals surface area contributed by atoms with Gasteiger partial charge in [0.15, 0.2) is 6.73 Å². The van der Waals surface area contributed by atoms with Crippen LogP contribution in [0.2, 0.25) is 0 Å². The van der Waals surface area contributed by atoms with Crippen molar-refractivity contribution in [3.8, 4) is 0 Å². The minimum Gasteiger partial charge on any atom is -1.00 e. The maximum Gasteiger partial charge on any atom is 0.180 e. The lowest BCUT2D eigenvalue weighted by Crippen LogP contribution is -3.00. The summed E-state index contributed by atoms with van der Waals surface area (Å²) >= 11 is 0. The van der Waals surface area contributed by atoms with Crippen molar-refractivity contribution < 1.29 is 22.0 Å². The van der Waals surface area contributed by atoms with Gasteiger partial charge in [-0.1, -0.05) is 6.58 Å². The quantitative estimate of drug-likeness (QED) is 0.263. The first-order valence-corrected chi connectivity index (χ1v) is 2.66. The Balaban J connectivity index is 0. The molecule has 0 aliphatic rings. The lowest BCUT2D eigenvalue weighted by atomic mass is 10.5. The molecule has 0 aliphatic heterocycles. The van der Waals surface area contributed by atoms with Crippen LogP contribution in [0.1, 0.15) is 0 Å². The van der Waals surface area contributed by atoms with E-state index in [0.29, 0.717) is 4.48 Å². The highest BCUT2D eigenvalue weighted by molar-refractivity contribution is 4.63. The van der Waals surface area contributed by atoms with E-state index in [2.05, 4.69) is 6.58 Å². The molecule has 1 N–H and O–H groups in total. The fourth-order valence-electron chi connectivity index (χ4n) is 0.407. The zero-order chi connectivity index (χ0) is 6.62. The number of hydrogen-bond donors (Lipinski definition) is 1. The first-order valence-electron chi connectivity index (χ1n) is 2.66. The largest absolute Gasteiger partial charge is 1.00 e. The van der Waals surface area contributed by atoms with E-state index in [1.807, 2.05) is 14.1 Å². The maximum atomic E-state index is 8.65. The van der Waals surface area contributed by atoms with Crippen molar-refractivity contribution >= 4 is 0 Å². The fourth-order valence-corrected chi connectivity index (χ4v) is 0.407. The van der Waals surface area contributed by atoms with Crippen molar-refractivity contribution in [2.24, 2.45) is 0 Å². The van der Waals surface area contributed by atoms with E-state index in [-0.39, 0.29) is 19.1 Å². The van der Waals surface area contributed by atoms with Crippen molar-refractivity contribution in [3.05, 3.63) is 12.7 Å². The molecule has 0 saturated heterocycles. The average molecular weight is 152 g/mol. The van der Waals surface area contributed by atoms with Crippen molar-refractivity contribution in [3.63, 3.8) is 0 Å². The Kier molecular flexibility index (Phi) is 6.24. The van der Waals surface area contributed by atoms with Gasteiger partial charge < -0.3 is 22.0 Å². The van der Waals surface area contributed by atoms with Crippen LogP contribution < -0.4 is 12.4 Å². The number of quaternary nitrogens is 1. The molecule has 0 spiro atoms. The fraction of sp³-hybridized carbons (Fsp3) is 0.667. The first kappa shape index (κ1) is 11.7. The standard InChI is InChI=1S/C6H14NO.ClH/c1-4-5-7(2,3)6-8;/h4,8H,1,5-6H2,2-3H3;1H/q+1;/p-1. The molecule has 0 saturated carbocycles. The number of aliphatic hydroxyl groups excluding tert-OH is 1. The van der Waals surface area contributed by atoms with Crippen LogP contribution in [0.15, 0.2) is 12.7 Å². The molecule has 0 amide bonds. The number of nitrogens with zero attached hydrogens (tertiary/aromatic N) is 1. The van der Waals surface area contributed by atoms with E-state index in [4.69, 9.17) is 5.11 Å². The molecular weight excluding hydrogens is 138 g/mol. The van der Waals surface area contributed by atoms with Crippen LogP contribution >= 0.6 is 0 Å². The molecule has 0 unspecified atom stereocenters. The molecule has 56 valence electrons. The Bertz CT molecular complexity index is 83.1. The third-order valence-corrected chi connectivity index (χ3v) is 1.01. The highest BCUT2D eigenvalue weighted by atomic mass is 35.5. The van der Waals surface area contributed by atoms with Crippen LogP contribution in [-0.4, -0.2) is 37.0 Å². The molecular formula is C6H14ClNO. The van der Waals surface area contributed by atoms with Gasteiger partial charge in [0.1, 0.15) is 0 Å². The monoisotopic (exact) mass is 151 g/mol. The van der Waals surface area contributed by atoms with E-state index >= 15 is 0 Å². The Morgan fingerprint density at radius 1 is 1.56 bits per heavy atom. The van der Waals surface area contributed by atoms with Crippen molar-refractivity contribution in [1.29, 1.82) is 0 Å². The number of halogens is 1. The minimum atomic E-state index is 0. The molecule has 0 fully saturated rings. The first-order chi connectivity index (χ1) is 3.62. The van der Waals surface area contributed by atoms with Crippen molar-refractivity contribution in [2.75, 3.05) is 27.4 Å². The molecule has 0 atom stereocenters. The maximum absolute atomic E-state index is 8.65. The molecule has 0 aromatic carbocycles. The smallest absolute Gasteiger partial charge is 0.180 e. The van der Waals surface area contributed by atoms with Gasteiger partial charge in [-0.3, -0.25) is 0 Å². The third-order valence-electron chi connectivity index (χ3n) is 1.01. The molecule has 0 rings (SSSR count). The summed E-state index contributed by atoms with van der Waals surface area (Å²) in [7, 11) is 3.89.